The number of piperidine rings is 1. The average Bonchev–Trinajstić information content (AvgIpc) is 3.99. The highest BCUT2D eigenvalue weighted by Gasteiger charge is 2.44. The number of nitrogens with one attached hydrogen (secondary N) is 3. The van der Waals surface area contributed by atoms with Gasteiger partial charge < -0.3 is 25.2 Å². The molecule has 0 spiro atoms. The second-order valence-corrected chi connectivity index (χ2v) is 15.9. The van der Waals surface area contributed by atoms with E-state index in [9.17, 15) is 28.4 Å². The van der Waals surface area contributed by atoms with Gasteiger partial charge in [-0.05, 0) is 86.3 Å². The molecular formula is C44H46FN11O6. The predicted molar refractivity (Wildman–Crippen MR) is 226 cm³/mol. The van der Waals surface area contributed by atoms with Crippen LogP contribution in [0.5, 0.6) is 0 Å². The molecule has 18 heteroatoms. The number of carbonyl (C=O) groups excluding carboxylic acids is 5. The summed E-state index contributed by atoms with van der Waals surface area (Å²) in [5.41, 5.74) is 4.07. The van der Waals surface area contributed by atoms with Crippen molar-refractivity contribution in [3.05, 3.63) is 102 Å². The van der Waals surface area contributed by atoms with Gasteiger partial charge in [0, 0.05) is 51.4 Å². The first-order valence-corrected chi connectivity index (χ1v) is 20.9. The van der Waals surface area contributed by atoms with E-state index in [4.69, 9.17) is 14.8 Å². The minimum absolute atomic E-state index is 0.0412. The van der Waals surface area contributed by atoms with Gasteiger partial charge in [-0.15, -0.1) is 5.10 Å². The predicted octanol–water partition coefficient (Wildman–Crippen LogP) is 3.39. The Kier molecular flexibility index (Phi) is 11.3. The second-order valence-electron chi connectivity index (χ2n) is 15.9. The maximum Gasteiger partial charge on any atom is 0.262 e. The number of rotatable bonds is 13. The minimum atomic E-state index is -1.03. The smallest absolute Gasteiger partial charge is 0.262 e. The zero-order chi connectivity index (χ0) is 42.9. The molecular weight excluding hydrogens is 798 g/mol. The summed E-state index contributed by atoms with van der Waals surface area (Å²) >= 11 is 0. The number of ether oxygens (including phenoxy) is 1. The van der Waals surface area contributed by atoms with E-state index in [1.54, 1.807) is 37.4 Å². The van der Waals surface area contributed by atoms with Crippen molar-refractivity contribution in [3.8, 4) is 11.4 Å². The van der Waals surface area contributed by atoms with E-state index in [1.165, 1.54) is 12.1 Å². The molecule has 0 radical (unpaired) electrons. The molecule has 3 fully saturated rings. The number of amides is 5. The molecule has 0 saturated carbocycles. The lowest BCUT2D eigenvalue weighted by Gasteiger charge is -2.35. The number of nitrogens with zero attached hydrogens (tertiary/aromatic N) is 8. The summed E-state index contributed by atoms with van der Waals surface area (Å²) < 4.78 is 21.8. The first-order chi connectivity index (χ1) is 30.1. The minimum Gasteiger partial charge on any atom is -0.360 e. The van der Waals surface area contributed by atoms with Crippen molar-refractivity contribution < 1.29 is 33.1 Å². The highest BCUT2D eigenvalue weighted by Crippen LogP contribution is 2.36. The fourth-order valence-electron chi connectivity index (χ4n) is 8.69. The number of imidazole rings is 1. The van der Waals surface area contributed by atoms with E-state index in [0.29, 0.717) is 44.1 Å². The molecule has 3 atom stereocenters. The maximum atomic E-state index is 14.1. The van der Waals surface area contributed by atoms with Gasteiger partial charge in [0.05, 0.1) is 42.2 Å². The van der Waals surface area contributed by atoms with Crippen molar-refractivity contribution in [1.82, 2.24) is 40.0 Å². The monoisotopic (exact) mass is 843 g/mol. The Hall–Kier alpha value is -6.79. The van der Waals surface area contributed by atoms with Crippen molar-refractivity contribution >= 4 is 52.5 Å². The molecule has 0 aliphatic carbocycles. The Bertz CT molecular complexity index is 2560. The molecule has 3 saturated heterocycles. The quantitative estimate of drug-likeness (QED) is 0.0891. The number of halogens is 1. The van der Waals surface area contributed by atoms with Gasteiger partial charge in [0.1, 0.15) is 35.4 Å². The van der Waals surface area contributed by atoms with Crippen molar-refractivity contribution in [2.45, 2.75) is 50.9 Å². The highest BCUT2D eigenvalue weighted by molar-refractivity contribution is 6.23. The Morgan fingerprint density at radius 2 is 1.73 bits per heavy atom. The Labute approximate surface area is 356 Å². The zero-order valence-electron chi connectivity index (χ0n) is 34.1. The third-order valence-electron chi connectivity index (χ3n) is 11.8. The van der Waals surface area contributed by atoms with Gasteiger partial charge in [-0.2, -0.15) is 0 Å². The summed E-state index contributed by atoms with van der Waals surface area (Å²) in [5.74, 6) is -0.967. The van der Waals surface area contributed by atoms with Gasteiger partial charge in [0.2, 0.25) is 17.7 Å². The lowest BCUT2D eigenvalue weighted by molar-refractivity contribution is -0.136. The maximum absolute atomic E-state index is 14.1. The van der Waals surface area contributed by atoms with Crippen LogP contribution in [0.1, 0.15) is 64.9 Å². The standard InChI is InChI=1S/C44H46FN11O6/c1-27(48-30-10-11-31-32(24-30)44(61)55(43(31)60)35-12-15-40(57)50-42(35)59)62-22-16-46-41(58)26-52-18-20-53(21-19-52)38-9-3-7-33(49-38)36-25-47-37-13-14-39(51-56(36)37)54-17-4-8-34(54)28-5-2-6-29(45)23-28/h2-3,5-7,9-11,13-14,23-25,27,34-35,48H,4,8,12,15-22,26H2,1H3,(H,46,58)(H,50,57,59). The zero-order valence-corrected chi connectivity index (χ0v) is 34.1. The third-order valence-corrected chi connectivity index (χ3v) is 11.8. The molecule has 7 heterocycles. The number of carbonyl (C=O) groups is 5. The normalized spacial score (nSPS) is 19.9. The van der Waals surface area contributed by atoms with Crippen LogP contribution in [0.3, 0.4) is 0 Å². The molecule has 0 bridgehead atoms. The number of fused-ring (bicyclic) bond motifs is 2. The number of piperazine rings is 1. The van der Waals surface area contributed by atoms with E-state index < -0.39 is 35.9 Å². The van der Waals surface area contributed by atoms with Gasteiger partial charge in [0.15, 0.2) is 5.65 Å². The van der Waals surface area contributed by atoms with Crippen LogP contribution in [0.4, 0.5) is 21.7 Å². The van der Waals surface area contributed by atoms with Gasteiger partial charge >= 0.3 is 0 Å². The molecule has 320 valence electrons. The molecule has 2 aromatic carbocycles. The number of aromatic nitrogens is 4. The molecule has 3 aromatic heterocycles. The molecule has 3 unspecified atom stereocenters. The van der Waals surface area contributed by atoms with Crippen LogP contribution >= 0.6 is 0 Å². The summed E-state index contributed by atoms with van der Waals surface area (Å²) in [6.45, 7) is 6.14. The van der Waals surface area contributed by atoms with Crippen molar-refractivity contribution in [2.75, 3.05) is 67.5 Å². The van der Waals surface area contributed by atoms with Gasteiger partial charge in [-0.25, -0.2) is 18.9 Å². The molecule has 5 aromatic rings. The van der Waals surface area contributed by atoms with Gasteiger partial charge in [0.25, 0.3) is 11.8 Å². The summed E-state index contributed by atoms with van der Waals surface area (Å²) in [6, 6.07) is 20.4. The number of pyridine rings is 1. The van der Waals surface area contributed by atoms with Crippen LogP contribution in [0.2, 0.25) is 0 Å². The SMILES string of the molecule is CC(Nc1ccc2c(c1)C(=O)N(C1CCC(=O)NC1=O)C2=O)OCCNC(=O)CN1CCN(c2cccc(-c3cnc4ccc(N5CCCC5c5cccc(F)c5)nn34)n2)CC1. The molecule has 9 rings (SSSR count). The van der Waals surface area contributed by atoms with E-state index in [-0.39, 0.29) is 54.9 Å². The molecule has 4 aliphatic heterocycles. The average molecular weight is 844 g/mol. The van der Waals surface area contributed by atoms with Crippen LogP contribution < -0.4 is 25.8 Å². The molecule has 4 aliphatic rings. The molecule has 62 heavy (non-hydrogen) atoms. The molecule has 17 nitrogen and oxygen atoms in total. The van der Waals surface area contributed by atoms with Crippen molar-refractivity contribution in [2.24, 2.45) is 0 Å². The molecule has 5 amide bonds. The van der Waals surface area contributed by atoms with Crippen molar-refractivity contribution in [1.29, 1.82) is 0 Å². The largest absolute Gasteiger partial charge is 0.360 e. The van der Waals surface area contributed by atoms with E-state index in [0.717, 1.165) is 52.9 Å². The Balaban J connectivity index is 0.730. The van der Waals surface area contributed by atoms with Crippen LogP contribution in [0, 0.1) is 5.82 Å². The fourth-order valence-corrected chi connectivity index (χ4v) is 8.69. The summed E-state index contributed by atoms with van der Waals surface area (Å²) in [5, 5.41) is 13.3. The second kappa shape index (κ2) is 17.3. The first-order valence-electron chi connectivity index (χ1n) is 20.9. The van der Waals surface area contributed by atoms with Crippen LogP contribution in [-0.2, 0) is 19.1 Å². The van der Waals surface area contributed by atoms with Crippen LogP contribution in [0.25, 0.3) is 17.0 Å². The van der Waals surface area contributed by atoms with Crippen LogP contribution in [0.15, 0.2) is 79.0 Å². The van der Waals surface area contributed by atoms with E-state index >= 15 is 0 Å². The van der Waals surface area contributed by atoms with Gasteiger partial charge in [-0.3, -0.25) is 39.1 Å². The van der Waals surface area contributed by atoms with Crippen molar-refractivity contribution in [3.63, 3.8) is 0 Å². The first kappa shape index (κ1) is 40.6. The third kappa shape index (κ3) is 8.30. The lowest BCUT2D eigenvalue weighted by Crippen LogP contribution is -2.54. The lowest BCUT2D eigenvalue weighted by atomic mass is 10.0. The summed E-state index contributed by atoms with van der Waals surface area (Å²) in [7, 11) is 0. The van der Waals surface area contributed by atoms with Crippen LogP contribution in [-0.4, -0.2) is 124 Å². The number of hydrogen-bond acceptors (Lipinski definition) is 13. The van der Waals surface area contributed by atoms with E-state index in [1.807, 2.05) is 40.9 Å². The summed E-state index contributed by atoms with van der Waals surface area (Å²) in [6.07, 6.45) is 3.34. The number of benzene rings is 2. The Morgan fingerprint density at radius 1 is 0.903 bits per heavy atom. The number of imide groups is 2. The molecule has 3 N–H and O–H groups in total. The fraction of sp³-hybridized carbons (Fsp3) is 0.364. The Morgan fingerprint density at radius 3 is 2.55 bits per heavy atom. The topological polar surface area (TPSA) is 187 Å². The van der Waals surface area contributed by atoms with Gasteiger partial charge in [-0.1, -0.05) is 18.2 Å². The number of hydrogen-bond donors (Lipinski definition) is 3. The summed E-state index contributed by atoms with van der Waals surface area (Å²) in [4.78, 5) is 80.0. The van der Waals surface area contributed by atoms with E-state index in [2.05, 4.69) is 35.6 Å². The highest BCUT2D eigenvalue weighted by atomic mass is 19.1. The number of anilines is 3.